The Morgan fingerprint density at radius 3 is 1.60 bits per heavy atom. The summed E-state index contributed by atoms with van der Waals surface area (Å²) in [6.07, 6.45) is 3.27. The maximum Gasteiger partial charge on any atom is 0.338 e. The van der Waals surface area contributed by atoms with Crippen molar-refractivity contribution >= 4 is 35.5 Å². The van der Waals surface area contributed by atoms with Crippen molar-refractivity contribution in [1.29, 1.82) is 0 Å². The van der Waals surface area contributed by atoms with Gasteiger partial charge < -0.3 is 14.6 Å². The zero-order valence-corrected chi connectivity index (χ0v) is 11.8. The SMILES string of the molecule is C=CCl.C=COC(C)=O.CC(=O)O.O=C1C=CC(=O)O1. The van der Waals surface area contributed by atoms with Crippen LogP contribution in [0.1, 0.15) is 13.8 Å². The van der Waals surface area contributed by atoms with Crippen LogP contribution in [0.25, 0.3) is 0 Å². The lowest BCUT2D eigenvalue weighted by molar-refractivity contribution is -0.150. The van der Waals surface area contributed by atoms with E-state index >= 15 is 0 Å². The van der Waals surface area contributed by atoms with E-state index in [0.717, 1.165) is 25.3 Å². The lowest BCUT2D eigenvalue weighted by atomic mass is 10.6. The Morgan fingerprint density at radius 1 is 1.25 bits per heavy atom. The first kappa shape index (κ1) is 22.7. The van der Waals surface area contributed by atoms with E-state index in [-0.39, 0.29) is 5.97 Å². The van der Waals surface area contributed by atoms with E-state index in [2.05, 4.69) is 22.6 Å². The van der Waals surface area contributed by atoms with Crippen LogP contribution in [0.5, 0.6) is 0 Å². The molecule has 0 spiro atoms. The third-order valence-corrected chi connectivity index (χ3v) is 0.806. The van der Waals surface area contributed by atoms with Gasteiger partial charge in [-0.05, 0) is 5.54 Å². The van der Waals surface area contributed by atoms with Gasteiger partial charge in [0.15, 0.2) is 0 Å². The van der Waals surface area contributed by atoms with Crippen LogP contribution < -0.4 is 0 Å². The Balaban J connectivity index is -0.000000204. The van der Waals surface area contributed by atoms with Crippen LogP contribution in [0.3, 0.4) is 0 Å². The molecule has 0 atom stereocenters. The summed E-state index contributed by atoms with van der Waals surface area (Å²) < 4.78 is 8.14. The number of carbonyl (C=O) groups excluding carboxylic acids is 3. The van der Waals surface area contributed by atoms with Crippen molar-refractivity contribution < 1.29 is 33.8 Å². The molecule has 7 nitrogen and oxygen atoms in total. The normalized spacial score (nSPS) is 10.2. The van der Waals surface area contributed by atoms with Crippen molar-refractivity contribution in [2.45, 2.75) is 13.8 Å². The lowest BCUT2D eigenvalue weighted by Gasteiger charge is -1.83. The molecule has 0 aromatic carbocycles. The lowest BCUT2D eigenvalue weighted by Crippen LogP contribution is -1.96. The van der Waals surface area contributed by atoms with E-state index in [0.29, 0.717) is 0 Å². The fourth-order valence-corrected chi connectivity index (χ4v) is 0.421. The Labute approximate surface area is 121 Å². The molecule has 0 radical (unpaired) electrons. The molecule has 1 N–H and O–H groups in total. The van der Waals surface area contributed by atoms with Crippen LogP contribution in [0.15, 0.2) is 37.1 Å². The zero-order valence-electron chi connectivity index (χ0n) is 11.0. The molecule has 1 heterocycles. The molecule has 0 aliphatic carbocycles. The number of carboxylic acid groups (broad SMARTS) is 1. The Hall–Kier alpha value is -2.41. The van der Waals surface area contributed by atoms with Gasteiger partial charge in [-0.2, -0.15) is 0 Å². The minimum absolute atomic E-state index is 0.329. The quantitative estimate of drug-likeness (QED) is 0.447. The third-order valence-electron chi connectivity index (χ3n) is 0.806. The zero-order chi connectivity index (χ0) is 16.6. The number of carbonyl (C=O) groups is 4. The molecule has 8 heteroatoms. The van der Waals surface area contributed by atoms with Crippen molar-refractivity contribution in [3.63, 3.8) is 0 Å². The third kappa shape index (κ3) is 36.1. The van der Waals surface area contributed by atoms with Crippen molar-refractivity contribution in [2.24, 2.45) is 0 Å². The Kier molecular flexibility index (Phi) is 18.9. The highest BCUT2D eigenvalue weighted by Gasteiger charge is 2.10. The first-order valence-corrected chi connectivity index (χ1v) is 5.27. The maximum atomic E-state index is 9.92. The van der Waals surface area contributed by atoms with Gasteiger partial charge in [-0.15, -0.1) is 0 Å². The van der Waals surface area contributed by atoms with Crippen LogP contribution in [-0.2, 0) is 28.7 Å². The van der Waals surface area contributed by atoms with E-state index in [1.54, 1.807) is 0 Å². The smallest absolute Gasteiger partial charge is 0.338 e. The van der Waals surface area contributed by atoms with Gasteiger partial charge in [-0.25, -0.2) is 9.59 Å². The number of hydrogen-bond acceptors (Lipinski definition) is 6. The van der Waals surface area contributed by atoms with Crippen molar-refractivity contribution in [1.82, 2.24) is 0 Å². The molecule has 0 unspecified atom stereocenters. The molecule has 0 aromatic heterocycles. The summed E-state index contributed by atoms with van der Waals surface area (Å²) in [6.45, 7) is 8.69. The van der Waals surface area contributed by atoms with Crippen LogP contribution in [0.2, 0.25) is 0 Å². The van der Waals surface area contributed by atoms with E-state index in [4.69, 9.17) is 21.5 Å². The molecule has 1 rings (SSSR count). The summed E-state index contributed by atoms with van der Waals surface area (Å²) in [6, 6.07) is 0. The molecule has 1 aliphatic heterocycles. The fraction of sp³-hybridized carbons (Fsp3) is 0.167. The molecule has 0 saturated heterocycles. The molecule has 112 valence electrons. The molecular formula is C12H15ClO7. The van der Waals surface area contributed by atoms with Crippen molar-refractivity contribution in [3.05, 3.63) is 37.1 Å². The number of halogens is 1. The number of ether oxygens (including phenoxy) is 2. The second kappa shape index (κ2) is 16.6. The van der Waals surface area contributed by atoms with Crippen LogP contribution >= 0.6 is 11.6 Å². The van der Waals surface area contributed by atoms with Gasteiger partial charge >= 0.3 is 17.9 Å². The predicted octanol–water partition coefficient (Wildman–Crippen LogP) is 1.78. The van der Waals surface area contributed by atoms with E-state index < -0.39 is 17.9 Å². The number of carboxylic acids is 1. The minimum Gasteiger partial charge on any atom is -0.481 e. The van der Waals surface area contributed by atoms with Crippen molar-refractivity contribution in [3.8, 4) is 0 Å². The topological polar surface area (TPSA) is 107 Å². The molecule has 0 aromatic rings. The van der Waals surface area contributed by atoms with E-state index in [1.807, 2.05) is 0 Å². The largest absolute Gasteiger partial charge is 0.481 e. The first-order chi connectivity index (χ1) is 9.20. The van der Waals surface area contributed by atoms with Crippen LogP contribution in [-0.4, -0.2) is 29.0 Å². The average Bonchev–Trinajstić information content (AvgIpc) is 2.63. The minimum atomic E-state index is -0.833. The predicted molar refractivity (Wildman–Crippen MR) is 71.6 cm³/mol. The number of aliphatic carboxylic acids is 1. The molecular weight excluding hydrogens is 292 g/mol. The summed E-state index contributed by atoms with van der Waals surface area (Å²) in [5.41, 5.74) is 1.22. The number of cyclic esters (lactones) is 2. The van der Waals surface area contributed by atoms with Gasteiger partial charge in [0, 0.05) is 26.0 Å². The van der Waals surface area contributed by atoms with E-state index in [1.165, 1.54) is 12.5 Å². The Morgan fingerprint density at radius 2 is 1.55 bits per heavy atom. The molecule has 0 bridgehead atoms. The number of rotatable bonds is 1. The number of hydrogen-bond donors (Lipinski definition) is 1. The molecule has 20 heavy (non-hydrogen) atoms. The summed E-state index contributed by atoms with van der Waals surface area (Å²) in [7, 11) is 0. The maximum absolute atomic E-state index is 9.92. The summed E-state index contributed by atoms with van der Waals surface area (Å²) in [5, 5.41) is 7.42. The van der Waals surface area contributed by atoms with Crippen molar-refractivity contribution in [2.75, 3.05) is 0 Å². The summed E-state index contributed by atoms with van der Waals surface area (Å²) in [4.78, 5) is 38.6. The molecule has 0 saturated carbocycles. The van der Waals surface area contributed by atoms with Gasteiger partial charge in [-0.1, -0.05) is 24.8 Å². The van der Waals surface area contributed by atoms with E-state index in [9.17, 15) is 14.4 Å². The average molecular weight is 307 g/mol. The Bertz CT molecular complexity index is 365. The van der Waals surface area contributed by atoms with Gasteiger partial charge in [0.2, 0.25) is 0 Å². The van der Waals surface area contributed by atoms with Gasteiger partial charge in [-0.3, -0.25) is 9.59 Å². The van der Waals surface area contributed by atoms with Crippen LogP contribution in [0.4, 0.5) is 0 Å². The second-order valence-corrected chi connectivity index (χ2v) is 2.83. The second-order valence-electron chi connectivity index (χ2n) is 2.52. The number of esters is 3. The standard InChI is InChI=1S/C4H2O3.C4H6O2.C2H3Cl.C2H4O2/c5-3-1-2-4(6)7-3;1-3-6-4(2)5;1-2-3;1-2(3)4/h1-2H;3H,1H2,2H3;2H,1H2;1H3,(H,3,4). The highest BCUT2D eigenvalue weighted by molar-refractivity contribution is 6.25. The van der Waals surface area contributed by atoms with Gasteiger partial charge in [0.1, 0.15) is 0 Å². The fourth-order valence-electron chi connectivity index (χ4n) is 0.421. The molecule has 0 fully saturated rings. The van der Waals surface area contributed by atoms with Crippen LogP contribution in [0, 0.1) is 0 Å². The summed E-state index contributed by atoms with van der Waals surface area (Å²) in [5.74, 6) is -2.32. The van der Waals surface area contributed by atoms with Gasteiger partial charge in [0.25, 0.3) is 5.97 Å². The highest BCUT2D eigenvalue weighted by atomic mass is 35.5. The molecule has 0 amide bonds. The van der Waals surface area contributed by atoms with Gasteiger partial charge in [0.05, 0.1) is 6.26 Å². The summed E-state index contributed by atoms with van der Waals surface area (Å²) >= 11 is 4.76. The first-order valence-electron chi connectivity index (χ1n) is 4.83. The monoisotopic (exact) mass is 306 g/mol. The molecule has 1 aliphatic rings. The highest BCUT2D eigenvalue weighted by Crippen LogP contribution is 1.92.